The van der Waals surface area contributed by atoms with E-state index in [0.717, 1.165) is 43.6 Å². The number of ether oxygens (including phenoxy) is 1. The molecule has 0 saturated heterocycles. The van der Waals surface area contributed by atoms with Gasteiger partial charge in [-0.3, -0.25) is 0 Å². The summed E-state index contributed by atoms with van der Waals surface area (Å²) >= 11 is 3.49. The molecule has 1 rings (SSSR count). The number of halogens is 1. The Morgan fingerprint density at radius 2 is 1.90 bits per heavy atom. The average molecular weight is 342 g/mol. The Hall–Kier alpha value is -0.380. The molecule has 1 aromatic rings. The molecule has 3 heteroatoms. The lowest BCUT2D eigenvalue weighted by molar-refractivity contribution is 0.117. The van der Waals surface area contributed by atoms with Gasteiger partial charge in [0.2, 0.25) is 0 Å². The quantitative estimate of drug-likeness (QED) is 0.601. The Bertz CT molecular complexity index is 339. The lowest BCUT2D eigenvalue weighted by Crippen LogP contribution is -2.25. The van der Waals surface area contributed by atoms with Crippen LogP contribution in [0.4, 0.5) is 0 Å². The highest BCUT2D eigenvalue weighted by atomic mass is 79.9. The van der Waals surface area contributed by atoms with Gasteiger partial charge in [0.15, 0.2) is 0 Å². The maximum absolute atomic E-state index is 5.71. The van der Waals surface area contributed by atoms with E-state index in [2.05, 4.69) is 59.4 Å². The lowest BCUT2D eigenvalue weighted by Gasteiger charge is -2.17. The van der Waals surface area contributed by atoms with Gasteiger partial charge < -0.3 is 10.1 Å². The van der Waals surface area contributed by atoms with Crippen molar-refractivity contribution in [1.29, 1.82) is 0 Å². The molecule has 114 valence electrons. The molecule has 0 fully saturated rings. The zero-order valence-corrected chi connectivity index (χ0v) is 14.4. The number of hydrogen-bond acceptors (Lipinski definition) is 2. The molecule has 0 aliphatic rings. The molecule has 1 aromatic carbocycles. The van der Waals surface area contributed by atoms with Crippen LogP contribution < -0.4 is 5.32 Å². The topological polar surface area (TPSA) is 21.3 Å². The van der Waals surface area contributed by atoms with Crippen LogP contribution in [0.5, 0.6) is 0 Å². The van der Waals surface area contributed by atoms with E-state index in [1.165, 1.54) is 18.4 Å². The van der Waals surface area contributed by atoms with Crippen LogP contribution >= 0.6 is 15.9 Å². The molecule has 0 heterocycles. The summed E-state index contributed by atoms with van der Waals surface area (Å²) in [6, 6.07) is 8.66. The molecule has 1 atom stereocenters. The van der Waals surface area contributed by atoms with Crippen molar-refractivity contribution in [2.75, 3.05) is 26.3 Å². The summed E-state index contributed by atoms with van der Waals surface area (Å²) < 4.78 is 6.85. The van der Waals surface area contributed by atoms with Crippen LogP contribution in [0.25, 0.3) is 0 Å². The van der Waals surface area contributed by atoms with Gasteiger partial charge in [-0.1, -0.05) is 48.3 Å². The van der Waals surface area contributed by atoms with Gasteiger partial charge >= 0.3 is 0 Å². The lowest BCUT2D eigenvalue weighted by atomic mass is 9.96. The minimum absolute atomic E-state index is 0.651. The first-order valence-electron chi connectivity index (χ1n) is 7.79. The van der Waals surface area contributed by atoms with Crippen molar-refractivity contribution in [3.63, 3.8) is 0 Å². The summed E-state index contributed by atoms with van der Waals surface area (Å²) in [6.07, 6.45) is 4.63. The second-order valence-electron chi connectivity index (χ2n) is 5.26. The Morgan fingerprint density at radius 1 is 1.15 bits per heavy atom. The van der Waals surface area contributed by atoms with Crippen LogP contribution in [0, 0.1) is 5.92 Å². The predicted molar refractivity (Wildman–Crippen MR) is 90.2 cm³/mol. The van der Waals surface area contributed by atoms with E-state index in [4.69, 9.17) is 4.74 Å². The Kier molecular flexibility index (Phi) is 9.98. The smallest absolute Gasteiger partial charge is 0.0469 e. The number of rotatable bonds is 11. The predicted octanol–water partition coefficient (Wildman–Crippen LogP) is 4.42. The minimum atomic E-state index is 0.651. The molecule has 1 unspecified atom stereocenters. The third kappa shape index (κ3) is 8.03. The van der Waals surface area contributed by atoms with Gasteiger partial charge in [0.25, 0.3) is 0 Å². The second kappa shape index (κ2) is 11.3. The van der Waals surface area contributed by atoms with Crippen molar-refractivity contribution in [1.82, 2.24) is 5.32 Å². The zero-order valence-electron chi connectivity index (χ0n) is 12.8. The summed E-state index contributed by atoms with van der Waals surface area (Å²) in [5.74, 6) is 0.651. The number of nitrogens with one attached hydrogen (secondary N) is 1. The zero-order chi connectivity index (χ0) is 14.6. The van der Waals surface area contributed by atoms with E-state index >= 15 is 0 Å². The van der Waals surface area contributed by atoms with E-state index in [-0.39, 0.29) is 0 Å². The molecule has 0 aliphatic carbocycles. The molecule has 0 radical (unpaired) electrons. The van der Waals surface area contributed by atoms with Gasteiger partial charge in [-0.25, -0.2) is 0 Å². The maximum Gasteiger partial charge on any atom is 0.0469 e. The highest BCUT2D eigenvalue weighted by Crippen LogP contribution is 2.16. The molecular formula is C17H28BrNO. The van der Waals surface area contributed by atoms with Gasteiger partial charge in [-0.05, 0) is 56.0 Å². The maximum atomic E-state index is 5.71. The van der Waals surface area contributed by atoms with Crippen molar-refractivity contribution >= 4 is 15.9 Å². The molecule has 0 aliphatic heterocycles. The first kappa shape index (κ1) is 17.7. The summed E-state index contributed by atoms with van der Waals surface area (Å²) in [6.45, 7) is 8.26. The average Bonchev–Trinajstić information content (AvgIpc) is 2.46. The van der Waals surface area contributed by atoms with Crippen molar-refractivity contribution < 1.29 is 4.74 Å². The second-order valence-corrected chi connectivity index (χ2v) is 6.17. The fraction of sp³-hybridized carbons (Fsp3) is 0.647. The summed E-state index contributed by atoms with van der Waals surface area (Å²) in [4.78, 5) is 0. The highest BCUT2D eigenvalue weighted by Gasteiger charge is 2.09. The SMILES string of the molecule is CCCCOCCC(CNCC)Cc1ccc(Br)cc1. The van der Waals surface area contributed by atoms with Gasteiger partial charge in [0.05, 0.1) is 0 Å². The molecule has 0 saturated carbocycles. The van der Waals surface area contributed by atoms with Crippen molar-refractivity contribution in [3.05, 3.63) is 34.3 Å². The number of hydrogen-bond donors (Lipinski definition) is 1. The van der Waals surface area contributed by atoms with Gasteiger partial charge in [-0.2, -0.15) is 0 Å². The highest BCUT2D eigenvalue weighted by molar-refractivity contribution is 9.10. The molecule has 1 N–H and O–H groups in total. The molecule has 20 heavy (non-hydrogen) atoms. The van der Waals surface area contributed by atoms with E-state index in [0.29, 0.717) is 5.92 Å². The monoisotopic (exact) mass is 341 g/mol. The van der Waals surface area contributed by atoms with E-state index in [1.54, 1.807) is 0 Å². The van der Waals surface area contributed by atoms with Crippen LogP contribution in [0.2, 0.25) is 0 Å². The number of benzene rings is 1. The van der Waals surface area contributed by atoms with E-state index in [1.807, 2.05) is 0 Å². The largest absolute Gasteiger partial charge is 0.381 e. The Morgan fingerprint density at radius 3 is 2.55 bits per heavy atom. The van der Waals surface area contributed by atoms with Crippen LogP contribution in [0.1, 0.15) is 38.7 Å². The first-order valence-corrected chi connectivity index (χ1v) is 8.58. The third-order valence-electron chi connectivity index (χ3n) is 3.43. The molecule has 0 aromatic heterocycles. The van der Waals surface area contributed by atoms with Crippen molar-refractivity contribution in [3.8, 4) is 0 Å². The molecule has 0 amide bonds. The first-order chi connectivity index (χ1) is 9.76. The van der Waals surface area contributed by atoms with E-state index in [9.17, 15) is 0 Å². The Balaban J connectivity index is 2.36. The molecule has 0 bridgehead atoms. The molecule has 2 nitrogen and oxygen atoms in total. The van der Waals surface area contributed by atoms with Crippen LogP contribution in [-0.2, 0) is 11.2 Å². The standard InChI is InChI=1S/C17H28BrNO/c1-3-5-11-20-12-10-16(14-19-4-2)13-15-6-8-17(18)9-7-15/h6-9,16,19H,3-5,10-14H2,1-2H3. The van der Waals surface area contributed by atoms with Gasteiger partial charge in [0.1, 0.15) is 0 Å². The fourth-order valence-corrected chi connectivity index (χ4v) is 2.44. The number of unbranched alkanes of at least 4 members (excludes halogenated alkanes) is 1. The van der Waals surface area contributed by atoms with Crippen LogP contribution in [0.3, 0.4) is 0 Å². The minimum Gasteiger partial charge on any atom is -0.381 e. The van der Waals surface area contributed by atoms with Crippen LogP contribution in [0.15, 0.2) is 28.7 Å². The third-order valence-corrected chi connectivity index (χ3v) is 3.96. The molecule has 0 spiro atoms. The summed E-state index contributed by atoms with van der Waals surface area (Å²) in [5.41, 5.74) is 1.41. The Labute approximate surface area is 132 Å². The summed E-state index contributed by atoms with van der Waals surface area (Å²) in [5, 5.41) is 3.47. The van der Waals surface area contributed by atoms with E-state index < -0.39 is 0 Å². The van der Waals surface area contributed by atoms with Crippen LogP contribution in [-0.4, -0.2) is 26.3 Å². The summed E-state index contributed by atoms with van der Waals surface area (Å²) in [7, 11) is 0. The van der Waals surface area contributed by atoms with Crippen molar-refractivity contribution in [2.24, 2.45) is 5.92 Å². The fourth-order valence-electron chi connectivity index (χ4n) is 2.18. The molecular weight excluding hydrogens is 314 g/mol. The normalized spacial score (nSPS) is 12.6. The van der Waals surface area contributed by atoms with Gasteiger partial charge in [-0.15, -0.1) is 0 Å². The van der Waals surface area contributed by atoms with Gasteiger partial charge in [0, 0.05) is 17.7 Å². The van der Waals surface area contributed by atoms with Crippen molar-refractivity contribution in [2.45, 2.75) is 39.5 Å².